The van der Waals surface area contributed by atoms with Crippen LogP contribution >= 0.6 is 0 Å². The lowest BCUT2D eigenvalue weighted by Crippen LogP contribution is -2.33. The minimum absolute atomic E-state index is 0.0499. The summed E-state index contributed by atoms with van der Waals surface area (Å²) in [6.07, 6.45) is 1.51. The van der Waals surface area contributed by atoms with Crippen molar-refractivity contribution in [2.75, 3.05) is 32.2 Å². The number of amides is 1. The SMILES string of the molecule is COc1ccc(C2NCC(=O)N2CCS(C)=O)cc1C. The van der Waals surface area contributed by atoms with E-state index in [1.54, 1.807) is 18.3 Å². The molecule has 0 spiro atoms. The Bertz CT molecular complexity index is 533. The maximum Gasteiger partial charge on any atom is 0.238 e. The van der Waals surface area contributed by atoms with Gasteiger partial charge in [-0.3, -0.25) is 14.3 Å². The van der Waals surface area contributed by atoms with E-state index in [0.717, 1.165) is 16.9 Å². The van der Waals surface area contributed by atoms with Gasteiger partial charge >= 0.3 is 0 Å². The number of benzene rings is 1. The quantitative estimate of drug-likeness (QED) is 0.874. The van der Waals surface area contributed by atoms with Crippen molar-refractivity contribution < 1.29 is 13.7 Å². The van der Waals surface area contributed by atoms with Crippen molar-refractivity contribution in [2.45, 2.75) is 13.1 Å². The molecule has 20 heavy (non-hydrogen) atoms. The molecule has 1 heterocycles. The normalized spacial score (nSPS) is 20.2. The summed E-state index contributed by atoms with van der Waals surface area (Å²) in [5.74, 6) is 1.38. The largest absolute Gasteiger partial charge is 0.496 e. The molecule has 110 valence electrons. The molecule has 1 saturated heterocycles. The summed E-state index contributed by atoms with van der Waals surface area (Å²) in [4.78, 5) is 13.7. The minimum atomic E-state index is -0.899. The number of hydrogen-bond donors (Lipinski definition) is 1. The lowest BCUT2D eigenvalue weighted by atomic mass is 10.1. The molecule has 0 aromatic heterocycles. The van der Waals surface area contributed by atoms with E-state index in [1.165, 1.54) is 0 Å². The Balaban J connectivity index is 2.19. The van der Waals surface area contributed by atoms with Crippen LogP contribution < -0.4 is 10.1 Å². The molecule has 0 radical (unpaired) electrons. The Morgan fingerprint density at radius 1 is 1.50 bits per heavy atom. The van der Waals surface area contributed by atoms with Gasteiger partial charge in [-0.15, -0.1) is 0 Å². The summed E-state index contributed by atoms with van der Waals surface area (Å²) in [6, 6.07) is 5.88. The first-order chi connectivity index (χ1) is 9.52. The van der Waals surface area contributed by atoms with Gasteiger partial charge in [0.1, 0.15) is 11.9 Å². The van der Waals surface area contributed by atoms with Gasteiger partial charge in [-0.2, -0.15) is 0 Å². The molecule has 5 nitrogen and oxygen atoms in total. The van der Waals surface area contributed by atoms with Crippen molar-refractivity contribution in [3.63, 3.8) is 0 Å². The first kappa shape index (κ1) is 15.0. The standard InChI is InChI=1S/C14H20N2O3S/c1-10-8-11(4-5-12(10)19-2)14-15-9-13(17)16(14)6-7-20(3)18/h4-5,8,14-15H,6-7,9H2,1-3H3. The van der Waals surface area contributed by atoms with Crippen molar-refractivity contribution in [3.05, 3.63) is 29.3 Å². The molecule has 1 fully saturated rings. The molecule has 2 rings (SSSR count). The van der Waals surface area contributed by atoms with E-state index < -0.39 is 10.8 Å². The van der Waals surface area contributed by atoms with Crippen LogP contribution in [0.2, 0.25) is 0 Å². The number of nitrogens with one attached hydrogen (secondary N) is 1. The Kier molecular flexibility index (Phi) is 4.77. The summed E-state index contributed by atoms with van der Waals surface area (Å²) in [6.45, 7) is 2.81. The predicted octanol–water partition coefficient (Wildman–Crippen LogP) is 0.813. The van der Waals surface area contributed by atoms with Crippen molar-refractivity contribution in [3.8, 4) is 5.75 Å². The molecule has 0 aliphatic carbocycles. The van der Waals surface area contributed by atoms with E-state index in [9.17, 15) is 9.00 Å². The van der Waals surface area contributed by atoms with Crippen molar-refractivity contribution in [1.29, 1.82) is 0 Å². The second-order valence-electron chi connectivity index (χ2n) is 4.88. The molecule has 2 unspecified atom stereocenters. The number of hydrogen-bond acceptors (Lipinski definition) is 4. The Hall–Kier alpha value is -1.40. The summed E-state index contributed by atoms with van der Waals surface area (Å²) in [5, 5.41) is 3.20. The maximum atomic E-state index is 11.9. The third-order valence-corrected chi connectivity index (χ3v) is 4.19. The highest BCUT2D eigenvalue weighted by Crippen LogP contribution is 2.26. The number of nitrogens with zero attached hydrogens (tertiary/aromatic N) is 1. The molecule has 0 saturated carbocycles. The molecule has 1 N–H and O–H groups in total. The van der Waals surface area contributed by atoms with Crippen LogP contribution in [0.15, 0.2) is 18.2 Å². The van der Waals surface area contributed by atoms with Gasteiger partial charge in [-0.05, 0) is 30.2 Å². The molecule has 1 aliphatic heterocycles. The Morgan fingerprint density at radius 2 is 2.25 bits per heavy atom. The van der Waals surface area contributed by atoms with Crippen molar-refractivity contribution in [2.24, 2.45) is 0 Å². The lowest BCUT2D eigenvalue weighted by molar-refractivity contribution is -0.127. The molecule has 2 atom stereocenters. The fourth-order valence-electron chi connectivity index (χ4n) is 2.39. The van der Waals surface area contributed by atoms with Crippen molar-refractivity contribution >= 4 is 16.7 Å². The predicted molar refractivity (Wildman–Crippen MR) is 79.1 cm³/mol. The van der Waals surface area contributed by atoms with Crippen LogP contribution in [0.3, 0.4) is 0 Å². The summed E-state index contributed by atoms with van der Waals surface area (Å²) >= 11 is 0. The minimum Gasteiger partial charge on any atom is -0.496 e. The highest BCUT2D eigenvalue weighted by Gasteiger charge is 2.31. The number of carbonyl (C=O) groups is 1. The van der Waals surface area contributed by atoms with Gasteiger partial charge in [-0.1, -0.05) is 6.07 Å². The van der Waals surface area contributed by atoms with Crippen LogP contribution in [-0.2, 0) is 15.6 Å². The molecular formula is C14H20N2O3S. The molecule has 6 heteroatoms. The van der Waals surface area contributed by atoms with Gasteiger partial charge in [0, 0.05) is 29.4 Å². The topological polar surface area (TPSA) is 58.6 Å². The average Bonchev–Trinajstić information content (AvgIpc) is 2.77. The van der Waals surface area contributed by atoms with Crippen molar-refractivity contribution in [1.82, 2.24) is 10.2 Å². The van der Waals surface area contributed by atoms with Gasteiger partial charge in [0.15, 0.2) is 0 Å². The third kappa shape index (κ3) is 3.19. The van der Waals surface area contributed by atoms with Gasteiger partial charge in [-0.25, -0.2) is 0 Å². The van der Waals surface area contributed by atoms with Crippen LogP contribution in [0, 0.1) is 6.92 Å². The number of aryl methyl sites for hydroxylation is 1. The molecular weight excluding hydrogens is 276 g/mol. The average molecular weight is 296 g/mol. The van der Waals surface area contributed by atoms with E-state index in [-0.39, 0.29) is 12.1 Å². The van der Waals surface area contributed by atoms with Crippen LogP contribution in [0.1, 0.15) is 17.3 Å². The number of carbonyl (C=O) groups excluding carboxylic acids is 1. The van der Waals surface area contributed by atoms with E-state index in [2.05, 4.69) is 5.32 Å². The molecule has 1 aromatic rings. The van der Waals surface area contributed by atoms with Gasteiger partial charge < -0.3 is 9.64 Å². The zero-order valence-corrected chi connectivity index (χ0v) is 12.8. The molecule has 1 aromatic carbocycles. The van der Waals surface area contributed by atoms with E-state index in [4.69, 9.17) is 4.74 Å². The Labute approximate surface area is 121 Å². The zero-order chi connectivity index (χ0) is 14.7. The summed E-state index contributed by atoms with van der Waals surface area (Å²) in [7, 11) is 0.742. The molecule has 1 amide bonds. The first-order valence-electron chi connectivity index (χ1n) is 6.50. The smallest absolute Gasteiger partial charge is 0.238 e. The van der Waals surface area contributed by atoms with Crippen LogP contribution in [-0.4, -0.2) is 47.2 Å². The van der Waals surface area contributed by atoms with Crippen LogP contribution in [0.5, 0.6) is 5.75 Å². The summed E-state index contributed by atoms with van der Waals surface area (Å²) < 4.78 is 16.5. The number of rotatable bonds is 5. The van der Waals surface area contributed by atoms with E-state index >= 15 is 0 Å². The van der Waals surface area contributed by atoms with Gasteiger partial charge in [0.05, 0.1) is 13.7 Å². The maximum absolute atomic E-state index is 11.9. The second-order valence-corrected chi connectivity index (χ2v) is 6.43. The highest BCUT2D eigenvalue weighted by molar-refractivity contribution is 7.84. The lowest BCUT2D eigenvalue weighted by Gasteiger charge is -2.25. The van der Waals surface area contributed by atoms with Gasteiger partial charge in [0.2, 0.25) is 5.91 Å². The van der Waals surface area contributed by atoms with E-state index in [1.807, 2.05) is 25.1 Å². The van der Waals surface area contributed by atoms with E-state index in [0.29, 0.717) is 18.8 Å². The fraction of sp³-hybridized carbons (Fsp3) is 0.500. The number of ether oxygens (including phenoxy) is 1. The van der Waals surface area contributed by atoms with Crippen LogP contribution in [0.25, 0.3) is 0 Å². The monoisotopic (exact) mass is 296 g/mol. The fourth-order valence-corrected chi connectivity index (χ4v) is 2.84. The zero-order valence-electron chi connectivity index (χ0n) is 12.0. The first-order valence-corrected chi connectivity index (χ1v) is 8.23. The molecule has 1 aliphatic rings. The second kappa shape index (κ2) is 6.37. The van der Waals surface area contributed by atoms with Gasteiger partial charge in [0.25, 0.3) is 0 Å². The highest BCUT2D eigenvalue weighted by atomic mass is 32.2. The third-order valence-electron chi connectivity index (χ3n) is 3.43. The molecule has 0 bridgehead atoms. The Morgan fingerprint density at radius 3 is 2.85 bits per heavy atom. The summed E-state index contributed by atoms with van der Waals surface area (Å²) in [5.41, 5.74) is 2.06. The van der Waals surface area contributed by atoms with Crippen LogP contribution in [0.4, 0.5) is 0 Å². The number of methoxy groups -OCH3 is 1.